The van der Waals surface area contributed by atoms with Crippen LogP contribution in [0.15, 0.2) is 18.2 Å². The fourth-order valence-corrected chi connectivity index (χ4v) is 2.53. The van der Waals surface area contributed by atoms with Crippen molar-refractivity contribution in [3.63, 3.8) is 0 Å². The Morgan fingerprint density at radius 2 is 2.10 bits per heavy atom. The number of aryl methyl sites for hydroxylation is 1. The smallest absolute Gasteiger partial charge is 0.169 e. The molecular weight excluding hydrogens is 264 g/mol. The molecule has 1 heterocycles. The number of anilines is 1. The number of ether oxygens (including phenoxy) is 1. The van der Waals surface area contributed by atoms with Gasteiger partial charge in [0.25, 0.3) is 0 Å². The van der Waals surface area contributed by atoms with Crippen LogP contribution in [0.3, 0.4) is 0 Å². The molecule has 0 aliphatic heterocycles. The van der Waals surface area contributed by atoms with E-state index in [1.807, 2.05) is 17.7 Å². The lowest BCUT2D eigenvalue weighted by Gasteiger charge is -2.12. The number of rotatable bonds is 6. The van der Waals surface area contributed by atoms with E-state index in [2.05, 4.69) is 43.2 Å². The molecule has 21 heavy (non-hydrogen) atoms. The van der Waals surface area contributed by atoms with Crippen LogP contribution in [-0.4, -0.2) is 21.6 Å². The molecule has 0 spiro atoms. The maximum absolute atomic E-state index is 5.80. The van der Waals surface area contributed by atoms with Crippen molar-refractivity contribution in [2.24, 2.45) is 0 Å². The van der Waals surface area contributed by atoms with E-state index in [4.69, 9.17) is 10.5 Å². The van der Waals surface area contributed by atoms with E-state index in [0.29, 0.717) is 24.9 Å². The minimum atomic E-state index is 0.509. The topological polar surface area (TPSA) is 66.0 Å². The third kappa shape index (κ3) is 3.54. The van der Waals surface area contributed by atoms with Crippen molar-refractivity contribution in [3.8, 4) is 5.75 Å². The van der Waals surface area contributed by atoms with Crippen LogP contribution in [0, 0.1) is 6.92 Å². The summed E-state index contributed by atoms with van der Waals surface area (Å²) >= 11 is 0. The summed E-state index contributed by atoms with van der Waals surface area (Å²) in [5, 5.41) is 7.93. The predicted molar refractivity (Wildman–Crippen MR) is 84.6 cm³/mol. The van der Waals surface area contributed by atoms with Crippen LogP contribution in [0.1, 0.15) is 43.5 Å². The van der Waals surface area contributed by atoms with Crippen LogP contribution in [0.2, 0.25) is 0 Å². The van der Waals surface area contributed by atoms with E-state index in [1.54, 1.807) is 0 Å². The summed E-state index contributed by atoms with van der Waals surface area (Å²) < 4.78 is 7.62. The highest BCUT2D eigenvalue weighted by molar-refractivity contribution is 5.36. The lowest BCUT2D eigenvalue weighted by atomic mass is 9.98. The fraction of sp³-hybridized carbons (Fsp3) is 0.500. The van der Waals surface area contributed by atoms with E-state index in [-0.39, 0.29) is 0 Å². The van der Waals surface area contributed by atoms with Crippen molar-refractivity contribution in [1.82, 2.24) is 15.0 Å². The molecule has 0 saturated heterocycles. The molecule has 0 saturated carbocycles. The van der Waals surface area contributed by atoms with Crippen LogP contribution in [0.4, 0.5) is 5.82 Å². The van der Waals surface area contributed by atoms with Gasteiger partial charge in [-0.3, -0.25) is 0 Å². The predicted octanol–water partition coefficient (Wildman–Crippen LogP) is 2.93. The zero-order valence-electron chi connectivity index (χ0n) is 13.3. The number of aromatic nitrogens is 3. The van der Waals surface area contributed by atoms with Gasteiger partial charge in [0.1, 0.15) is 12.4 Å². The second kappa shape index (κ2) is 6.61. The van der Waals surface area contributed by atoms with Crippen LogP contribution < -0.4 is 10.5 Å². The molecule has 0 unspecified atom stereocenters. The Hall–Kier alpha value is -2.04. The maximum Gasteiger partial charge on any atom is 0.169 e. The number of benzene rings is 1. The Labute approximate surface area is 126 Å². The third-order valence-corrected chi connectivity index (χ3v) is 3.64. The largest absolute Gasteiger partial charge is 0.492 e. The van der Waals surface area contributed by atoms with Gasteiger partial charge in [0.05, 0.1) is 12.2 Å². The van der Waals surface area contributed by atoms with Crippen molar-refractivity contribution in [2.45, 2.75) is 46.6 Å². The van der Waals surface area contributed by atoms with Gasteiger partial charge in [-0.25, -0.2) is 4.68 Å². The van der Waals surface area contributed by atoms with Crippen molar-refractivity contribution in [3.05, 3.63) is 35.0 Å². The van der Waals surface area contributed by atoms with Crippen LogP contribution >= 0.6 is 0 Å². The van der Waals surface area contributed by atoms with E-state index in [1.165, 1.54) is 11.1 Å². The first-order valence-corrected chi connectivity index (χ1v) is 7.44. The van der Waals surface area contributed by atoms with Crippen LogP contribution in [0.25, 0.3) is 0 Å². The summed E-state index contributed by atoms with van der Waals surface area (Å²) in [5.41, 5.74) is 9.35. The number of nitrogens with zero attached hydrogens (tertiary/aromatic N) is 3. The SMILES string of the molecule is CCc1c(N)nnn1CCOc1ccc(C(C)C)c(C)c1. The molecule has 0 aliphatic rings. The second-order valence-electron chi connectivity index (χ2n) is 5.52. The van der Waals surface area contributed by atoms with Gasteiger partial charge < -0.3 is 10.5 Å². The van der Waals surface area contributed by atoms with Gasteiger partial charge in [-0.15, -0.1) is 5.10 Å². The molecule has 5 nitrogen and oxygen atoms in total. The van der Waals surface area contributed by atoms with E-state index < -0.39 is 0 Å². The number of nitrogens with two attached hydrogens (primary N) is 1. The van der Waals surface area contributed by atoms with Gasteiger partial charge in [-0.2, -0.15) is 0 Å². The van der Waals surface area contributed by atoms with E-state index in [0.717, 1.165) is 17.9 Å². The van der Waals surface area contributed by atoms with Crippen molar-refractivity contribution >= 4 is 5.82 Å². The number of nitrogen functional groups attached to an aromatic ring is 1. The fourth-order valence-electron chi connectivity index (χ4n) is 2.53. The number of hydrogen-bond acceptors (Lipinski definition) is 4. The average Bonchev–Trinajstić information content (AvgIpc) is 2.79. The monoisotopic (exact) mass is 288 g/mol. The van der Waals surface area contributed by atoms with Gasteiger partial charge >= 0.3 is 0 Å². The first-order chi connectivity index (χ1) is 10.0. The minimum Gasteiger partial charge on any atom is -0.492 e. The average molecular weight is 288 g/mol. The van der Waals surface area contributed by atoms with Crippen molar-refractivity contribution < 1.29 is 4.74 Å². The molecule has 0 radical (unpaired) electrons. The zero-order chi connectivity index (χ0) is 15.4. The molecule has 5 heteroatoms. The quantitative estimate of drug-likeness (QED) is 0.887. The van der Waals surface area contributed by atoms with Gasteiger partial charge in [-0.05, 0) is 42.5 Å². The molecule has 0 bridgehead atoms. The third-order valence-electron chi connectivity index (χ3n) is 3.64. The Bertz CT molecular complexity index is 604. The maximum atomic E-state index is 5.80. The van der Waals surface area contributed by atoms with Gasteiger partial charge in [-0.1, -0.05) is 32.1 Å². The molecule has 114 valence electrons. The molecule has 1 aromatic heterocycles. The zero-order valence-corrected chi connectivity index (χ0v) is 13.3. The molecule has 2 N–H and O–H groups in total. The number of hydrogen-bond donors (Lipinski definition) is 1. The normalized spacial score (nSPS) is 11.1. The molecule has 1 aromatic carbocycles. The summed E-state index contributed by atoms with van der Waals surface area (Å²) in [6.45, 7) is 9.76. The van der Waals surface area contributed by atoms with E-state index in [9.17, 15) is 0 Å². The lowest BCUT2D eigenvalue weighted by molar-refractivity contribution is 0.287. The first-order valence-electron chi connectivity index (χ1n) is 7.44. The highest BCUT2D eigenvalue weighted by Gasteiger charge is 2.08. The summed E-state index contributed by atoms with van der Waals surface area (Å²) in [5.74, 6) is 1.93. The standard InChI is InChI=1S/C16H24N4O/c1-5-15-16(17)18-19-20(15)8-9-21-13-6-7-14(11(2)3)12(4)10-13/h6-7,10-11H,5,8-9,17H2,1-4H3. The molecule has 0 atom stereocenters. The first kappa shape index (κ1) is 15.4. The summed E-state index contributed by atoms with van der Waals surface area (Å²) in [6.07, 6.45) is 0.820. The Morgan fingerprint density at radius 1 is 1.33 bits per heavy atom. The molecule has 0 aliphatic carbocycles. The summed E-state index contributed by atoms with van der Waals surface area (Å²) in [7, 11) is 0. The van der Waals surface area contributed by atoms with Crippen molar-refractivity contribution in [1.29, 1.82) is 0 Å². The highest BCUT2D eigenvalue weighted by atomic mass is 16.5. The van der Waals surface area contributed by atoms with Crippen LogP contribution in [-0.2, 0) is 13.0 Å². The van der Waals surface area contributed by atoms with Gasteiger partial charge in [0.2, 0.25) is 0 Å². The summed E-state index contributed by atoms with van der Waals surface area (Å²) in [4.78, 5) is 0. The molecule has 0 fully saturated rings. The van der Waals surface area contributed by atoms with Crippen LogP contribution in [0.5, 0.6) is 5.75 Å². The molecule has 2 rings (SSSR count). The second-order valence-corrected chi connectivity index (χ2v) is 5.52. The minimum absolute atomic E-state index is 0.509. The highest BCUT2D eigenvalue weighted by Crippen LogP contribution is 2.23. The Morgan fingerprint density at radius 3 is 2.71 bits per heavy atom. The molecule has 2 aromatic rings. The summed E-state index contributed by atoms with van der Waals surface area (Å²) in [6, 6.07) is 6.25. The Balaban J connectivity index is 1.96. The molecular formula is C16H24N4O. The van der Waals surface area contributed by atoms with Gasteiger partial charge in [0, 0.05) is 0 Å². The van der Waals surface area contributed by atoms with Gasteiger partial charge in [0.15, 0.2) is 5.82 Å². The van der Waals surface area contributed by atoms with Crippen molar-refractivity contribution in [2.75, 3.05) is 12.3 Å². The lowest BCUT2D eigenvalue weighted by Crippen LogP contribution is -2.12. The molecule has 0 amide bonds. The van der Waals surface area contributed by atoms with E-state index >= 15 is 0 Å². The Kier molecular flexibility index (Phi) is 4.83.